The highest BCUT2D eigenvalue weighted by Crippen LogP contribution is 2.18. The summed E-state index contributed by atoms with van der Waals surface area (Å²) in [6.45, 7) is 0.901. The summed E-state index contributed by atoms with van der Waals surface area (Å²) in [6.07, 6.45) is 8.62. The molecule has 0 spiro atoms. The van der Waals surface area contributed by atoms with Crippen LogP contribution in [0.5, 0.6) is 0 Å². The summed E-state index contributed by atoms with van der Waals surface area (Å²) in [5.41, 5.74) is 0.980. The van der Waals surface area contributed by atoms with Gasteiger partial charge >= 0.3 is 0 Å². The van der Waals surface area contributed by atoms with Crippen LogP contribution in [0.1, 0.15) is 10.5 Å². The Morgan fingerprint density at radius 3 is 2.82 bits per heavy atom. The van der Waals surface area contributed by atoms with Crippen LogP contribution in [0.15, 0.2) is 72.0 Å². The third-order valence-corrected chi connectivity index (χ3v) is 3.93. The van der Waals surface area contributed by atoms with Gasteiger partial charge in [-0.2, -0.15) is 0 Å². The van der Waals surface area contributed by atoms with E-state index in [0.717, 1.165) is 11.4 Å². The number of amides is 1. The molecule has 0 aromatic carbocycles. The van der Waals surface area contributed by atoms with Crippen molar-refractivity contribution in [1.29, 1.82) is 0 Å². The zero-order valence-corrected chi connectivity index (χ0v) is 14.8. The van der Waals surface area contributed by atoms with Crippen LogP contribution in [0.3, 0.4) is 0 Å². The maximum Gasteiger partial charge on any atom is 0.273 e. The minimum absolute atomic E-state index is 0.218. The lowest BCUT2D eigenvalue weighted by Crippen LogP contribution is -2.29. The number of nitrogens with zero attached hydrogens (tertiary/aromatic N) is 5. The van der Waals surface area contributed by atoms with E-state index < -0.39 is 0 Å². The number of aromatic nitrogens is 5. The van der Waals surface area contributed by atoms with Crippen molar-refractivity contribution in [3.05, 3.63) is 73.2 Å². The number of hydrogen-bond acceptors (Lipinski definition) is 7. The van der Waals surface area contributed by atoms with Gasteiger partial charge in [-0.05, 0) is 24.3 Å². The van der Waals surface area contributed by atoms with E-state index in [4.69, 9.17) is 4.52 Å². The number of carbonyl (C=O) groups excluding carboxylic acids is 1. The Balaban J connectivity index is 1.28. The van der Waals surface area contributed by atoms with Gasteiger partial charge in [0.1, 0.15) is 18.0 Å². The van der Waals surface area contributed by atoms with Crippen molar-refractivity contribution in [3.8, 4) is 17.1 Å². The van der Waals surface area contributed by atoms with Gasteiger partial charge in [-0.3, -0.25) is 9.78 Å². The second-order valence-corrected chi connectivity index (χ2v) is 5.85. The summed E-state index contributed by atoms with van der Waals surface area (Å²) in [5, 5.41) is 9.75. The monoisotopic (exact) mass is 375 g/mol. The zero-order valence-electron chi connectivity index (χ0n) is 14.8. The van der Waals surface area contributed by atoms with Crippen molar-refractivity contribution >= 4 is 11.7 Å². The number of hydrogen-bond donors (Lipinski definition) is 2. The van der Waals surface area contributed by atoms with E-state index in [9.17, 15) is 4.79 Å². The van der Waals surface area contributed by atoms with Crippen molar-refractivity contribution in [3.63, 3.8) is 0 Å². The Bertz CT molecular complexity index is 1050. The molecule has 28 heavy (non-hydrogen) atoms. The highest BCUT2D eigenvalue weighted by Gasteiger charge is 2.13. The van der Waals surface area contributed by atoms with Crippen molar-refractivity contribution in [1.82, 2.24) is 30.0 Å². The predicted octanol–water partition coefficient (Wildman–Crippen LogP) is 2.16. The molecule has 0 atom stereocenters. The molecule has 0 saturated heterocycles. The molecule has 0 aliphatic carbocycles. The van der Waals surface area contributed by atoms with E-state index in [1.54, 1.807) is 24.5 Å². The summed E-state index contributed by atoms with van der Waals surface area (Å²) < 4.78 is 7.10. The van der Waals surface area contributed by atoms with Crippen molar-refractivity contribution < 1.29 is 9.32 Å². The molecule has 0 aliphatic rings. The fourth-order valence-electron chi connectivity index (χ4n) is 2.56. The lowest BCUT2D eigenvalue weighted by Gasteiger charge is -2.08. The Kier molecular flexibility index (Phi) is 5.05. The highest BCUT2D eigenvalue weighted by molar-refractivity contribution is 5.93. The standard InChI is InChI=1S/C19H17N7O2/c27-19(15-10-16(28-25-15)14-4-3-5-20-12-14)22-7-6-21-17-11-18(24-13-23-17)26-8-1-2-9-26/h1-5,8-13H,6-7H2,(H,22,27)(H,21,23,24). The first-order chi connectivity index (χ1) is 13.8. The average Bonchev–Trinajstić information content (AvgIpc) is 3.44. The molecule has 0 radical (unpaired) electrons. The van der Waals surface area contributed by atoms with Gasteiger partial charge in [0.2, 0.25) is 0 Å². The van der Waals surface area contributed by atoms with Crippen LogP contribution in [-0.4, -0.2) is 43.7 Å². The van der Waals surface area contributed by atoms with E-state index >= 15 is 0 Å². The van der Waals surface area contributed by atoms with Crippen LogP contribution in [0.25, 0.3) is 17.1 Å². The van der Waals surface area contributed by atoms with Gasteiger partial charge in [0.25, 0.3) is 5.91 Å². The molecule has 0 saturated carbocycles. The Morgan fingerprint density at radius 2 is 2.00 bits per heavy atom. The van der Waals surface area contributed by atoms with E-state index in [-0.39, 0.29) is 11.6 Å². The number of pyridine rings is 1. The molecule has 140 valence electrons. The number of rotatable bonds is 7. The zero-order chi connectivity index (χ0) is 19.2. The van der Waals surface area contributed by atoms with Gasteiger partial charge in [0, 0.05) is 55.6 Å². The molecule has 0 aliphatic heterocycles. The fraction of sp³-hybridized carbons (Fsp3) is 0.105. The summed E-state index contributed by atoms with van der Waals surface area (Å²) >= 11 is 0. The molecule has 4 aromatic heterocycles. The van der Waals surface area contributed by atoms with Crippen molar-refractivity contribution in [2.75, 3.05) is 18.4 Å². The maximum atomic E-state index is 12.2. The van der Waals surface area contributed by atoms with Gasteiger partial charge in [-0.25, -0.2) is 9.97 Å². The van der Waals surface area contributed by atoms with Gasteiger partial charge in [-0.15, -0.1) is 0 Å². The summed E-state index contributed by atoms with van der Waals surface area (Å²) in [7, 11) is 0. The molecule has 0 bridgehead atoms. The smallest absolute Gasteiger partial charge is 0.273 e. The highest BCUT2D eigenvalue weighted by atomic mass is 16.5. The van der Waals surface area contributed by atoms with Crippen molar-refractivity contribution in [2.45, 2.75) is 0 Å². The maximum absolute atomic E-state index is 12.2. The largest absolute Gasteiger partial charge is 0.368 e. The van der Waals surface area contributed by atoms with Crippen LogP contribution in [0, 0.1) is 0 Å². The Labute approximate surface area is 160 Å². The SMILES string of the molecule is O=C(NCCNc1cc(-n2cccc2)ncn1)c1cc(-c2cccnc2)on1. The molecule has 4 aromatic rings. The normalized spacial score (nSPS) is 10.6. The average molecular weight is 375 g/mol. The van der Waals surface area contributed by atoms with Crippen LogP contribution in [-0.2, 0) is 0 Å². The second kappa shape index (κ2) is 8.12. The molecular weight excluding hydrogens is 358 g/mol. The first kappa shape index (κ1) is 17.4. The van der Waals surface area contributed by atoms with Crippen LogP contribution in [0.2, 0.25) is 0 Å². The molecule has 2 N–H and O–H groups in total. The van der Waals surface area contributed by atoms with Crippen LogP contribution < -0.4 is 10.6 Å². The molecule has 9 heteroatoms. The molecule has 0 fully saturated rings. The lowest BCUT2D eigenvalue weighted by atomic mass is 10.2. The quantitative estimate of drug-likeness (QED) is 0.476. The molecule has 1 amide bonds. The number of nitrogens with one attached hydrogen (secondary N) is 2. The summed E-state index contributed by atoms with van der Waals surface area (Å²) in [6, 6.07) is 10.9. The third kappa shape index (κ3) is 4.04. The first-order valence-corrected chi connectivity index (χ1v) is 8.64. The Morgan fingerprint density at radius 1 is 1.11 bits per heavy atom. The minimum Gasteiger partial charge on any atom is -0.368 e. The number of anilines is 1. The van der Waals surface area contributed by atoms with E-state index in [2.05, 4.69) is 30.7 Å². The minimum atomic E-state index is -0.309. The van der Waals surface area contributed by atoms with Gasteiger partial charge in [0.05, 0.1) is 0 Å². The Hall–Kier alpha value is -4.01. The molecule has 4 heterocycles. The fourth-order valence-corrected chi connectivity index (χ4v) is 2.56. The third-order valence-electron chi connectivity index (χ3n) is 3.93. The first-order valence-electron chi connectivity index (χ1n) is 8.64. The van der Waals surface area contributed by atoms with E-state index in [1.165, 1.54) is 6.33 Å². The molecular formula is C19H17N7O2. The predicted molar refractivity (Wildman–Crippen MR) is 102 cm³/mol. The molecule has 4 rings (SSSR count). The van der Waals surface area contributed by atoms with E-state index in [0.29, 0.717) is 24.7 Å². The number of carbonyl (C=O) groups is 1. The van der Waals surface area contributed by atoms with Gasteiger partial charge in [0.15, 0.2) is 11.5 Å². The van der Waals surface area contributed by atoms with E-state index in [1.807, 2.05) is 41.2 Å². The van der Waals surface area contributed by atoms with Gasteiger partial charge in [-0.1, -0.05) is 5.16 Å². The second-order valence-electron chi connectivity index (χ2n) is 5.85. The summed E-state index contributed by atoms with van der Waals surface area (Å²) in [4.78, 5) is 24.6. The molecule has 0 unspecified atom stereocenters. The summed E-state index contributed by atoms with van der Waals surface area (Å²) in [5.74, 6) is 1.62. The topological polar surface area (TPSA) is 111 Å². The van der Waals surface area contributed by atoms with Crippen LogP contribution >= 0.6 is 0 Å². The van der Waals surface area contributed by atoms with Crippen LogP contribution in [0.4, 0.5) is 5.82 Å². The van der Waals surface area contributed by atoms with Gasteiger partial charge < -0.3 is 19.7 Å². The molecule has 9 nitrogen and oxygen atoms in total. The van der Waals surface area contributed by atoms with Crippen molar-refractivity contribution in [2.24, 2.45) is 0 Å². The lowest BCUT2D eigenvalue weighted by molar-refractivity contribution is 0.0946.